The van der Waals surface area contributed by atoms with Crippen LogP contribution in [0.5, 0.6) is 0 Å². The van der Waals surface area contributed by atoms with Gasteiger partial charge in [0.05, 0.1) is 6.61 Å². The van der Waals surface area contributed by atoms with Crippen molar-refractivity contribution < 1.29 is 28.4 Å². The second-order valence-electron chi connectivity index (χ2n) is 8.47. The van der Waals surface area contributed by atoms with Crippen molar-refractivity contribution in [3.05, 3.63) is 108 Å². The molecule has 0 aromatic heterocycles. The minimum atomic E-state index is -0.866. The van der Waals surface area contributed by atoms with Crippen LogP contribution >= 0.6 is 0 Å². The third-order valence-corrected chi connectivity index (χ3v) is 6.65. The van der Waals surface area contributed by atoms with Crippen LogP contribution in [0.3, 0.4) is 0 Å². The van der Waals surface area contributed by atoms with Gasteiger partial charge in [-0.25, -0.2) is 0 Å². The van der Waals surface area contributed by atoms with Gasteiger partial charge in [0.25, 0.3) is 0 Å². The number of rotatable bonds is 10. The zero-order valence-electron chi connectivity index (χ0n) is 20.7. The Morgan fingerprint density at radius 3 is 1.37 bits per heavy atom. The van der Waals surface area contributed by atoms with Crippen LogP contribution in [-0.4, -0.2) is 65.8 Å². The second-order valence-corrected chi connectivity index (χ2v) is 8.47. The minimum Gasteiger partial charge on any atom is -0.376 e. The van der Waals surface area contributed by atoms with E-state index in [9.17, 15) is 0 Å². The van der Waals surface area contributed by atoms with Gasteiger partial charge in [0.2, 0.25) is 0 Å². The van der Waals surface area contributed by atoms with Crippen molar-refractivity contribution in [1.29, 1.82) is 0 Å². The molecule has 0 bridgehead atoms. The predicted molar refractivity (Wildman–Crippen MR) is 133 cm³/mol. The zero-order valence-corrected chi connectivity index (χ0v) is 20.7. The summed E-state index contributed by atoms with van der Waals surface area (Å²) in [5, 5.41) is 0. The second kappa shape index (κ2) is 11.9. The van der Waals surface area contributed by atoms with Gasteiger partial charge < -0.3 is 28.4 Å². The normalized spacial score (nSPS) is 24.9. The highest BCUT2D eigenvalue weighted by Crippen LogP contribution is 2.41. The molecule has 1 aliphatic rings. The van der Waals surface area contributed by atoms with Gasteiger partial charge in [0.1, 0.15) is 30.0 Å². The van der Waals surface area contributed by atoms with E-state index in [2.05, 4.69) is 36.4 Å². The Kier molecular flexibility index (Phi) is 8.68. The summed E-state index contributed by atoms with van der Waals surface area (Å²) in [7, 11) is 6.49. The van der Waals surface area contributed by atoms with Gasteiger partial charge in [-0.3, -0.25) is 0 Å². The first-order valence-electron chi connectivity index (χ1n) is 11.8. The first kappa shape index (κ1) is 25.5. The molecule has 4 rings (SSSR count). The Hall–Kier alpha value is -2.58. The molecule has 0 spiro atoms. The molecule has 186 valence electrons. The molecular weight excluding hydrogens is 444 g/mol. The quantitative estimate of drug-likeness (QED) is 0.403. The molecule has 35 heavy (non-hydrogen) atoms. The fourth-order valence-electron chi connectivity index (χ4n) is 4.98. The lowest BCUT2D eigenvalue weighted by molar-refractivity contribution is -0.310. The average Bonchev–Trinajstić information content (AvgIpc) is 2.94. The molecule has 0 unspecified atom stereocenters. The van der Waals surface area contributed by atoms with Crippen LogP contribution in [0, 0.1) is 0 Å². The Labute approximate surface area is 207 Å². The topological polar surface area (TPSA) is 55.4 Å². The SMILES string of the molecule is CO[C@H]1O[C@@H](COC(c2ccccc2)(c2ccccc2)c2ccccc2)[C@H](OC)[C@@H](OC)[C@H]1OC. The van der Waals surface area contributed by atoms with Crippen molar-refractivity contribution >= 4 is 0 Å². The van der Waals surface area contributed by atoms with Crippen LogP contribution in [0.4, 0.5) is 0 Å². The molecule has 3 aromatic rings. The number of hydrogen-bond donors (Lipinski definition) is 0. The summed E-state index contributed by atoms with van der Waals surface area (Å²) in [5.74, 6) is 0. The number of ether oxygens (including phenoxy) is 6. The Bertz CT molecular complexity index is 916. The van der Waals surface area contributed by atoms with Crippen LogP contribution in [0.2, 0.25) is 0 Å². The van der Waals surface area contributed by atoms with Crippen LogP contribution in [0.15, 0.2) is 91.0 Å². The molecule has 5 atom stereocenters. The monoisotopic (exact) mass is 478 g/mol. The molecule has 0 radical (unpaired) electrons. The highest BCUT2D eigenvalue weighted by atomic mass is 16.7. The Balaban J connectivity index is 1.77. The standard InChI is InChI=1S/C29H34O6/c1-30-25-24(35-28(33-4)27(32-3)26(25)31-2)20-34-29(21-14-8-5-9-15-21,22-16-10-6-11-17-22)23-18-12-7-13-19-23/h5-19,24-28H,20H2,1-4H3/t24-,25-,26+,27+,28-/m0/s1. The molecule has 1 aliphatic heterocycles. The van der Waals surface area contributed by atoms with E-state index >= 15 is 0 Å². The third kappa shape index (κ3) is 5.05. The maximum Gasteiger partial charge on any atom is 0.186 e. The van der Waals surface area contributed by atoms with Crippen molar-refractivity contribution in [3.63, 3.8) is 0 Å². The van der Waals surface area contributed by atoms with E-state index in [1.54, 1.807) is 28.4 Å². The first-order valence-corrected chi connectivity index (χ1v) is 11.8. The summed E-state index contributed by atoms with van der Waals surface area (Å²) in [4.78, 5) is 0. The molecule has 6 nitrogen and oxygen atoms in total. The third-order valence-electron chi connectivity index (χ3n) is 6.65. The summed E-state index contributed by atoms with van der Waals surface area (Å²) in [6, 6.07) is 30.7. The molecule has 1 heterocycles. The predicted octanol–water partition coefficient (Wildman–Crippen LogP) is 4.41. The van der Waals surface area contributed by atoms with Gasteiger partial charge >= 0.3 is 0 Å². The van der Waals surface area contributed by atoms with Gasteiger partial charge in [-0.2, -0.15) is 0 Å². The van der Waals surface area contributed by atoms with E-state index in [0.717, 1.165) is 16.7 Å². The summed E-state index contributed by atoms with van der Waals surface area (Å²) in [5.41, 5.74) is 2.19. The number of methoxy groups -OCH3 is 4. The summed E-state index contributed by atoms with van der Waals surface area (Å²) in [6.45, 7) is 0.230. The molecule has 6 heteroatoms. The van der Waals surface area contributed by atoms with E-state index in [1.165, 1.54) is 0 Å². The highest BCUT2D eigenvalue weighted by Gasteiger charge is 2.48. The molecule has 3 aromatic carbocycles. The van der Waals surface area contributed by atoms with Crippen molar-refractivity contribution in [3.8, 4) is 0 Å². The lowest BCUT2D eigenvalue weighted by Gasteiger charge is -2.45. The Morgan fingerprint density at radius 1 is 0.571 bits per heavy atom. The largest absolute Gasteiger partial charge is 0.376 e. The van der Waals surface area contributed by atoms with E-state index in [4.69, 9.17) is 28.4 Å². The molecule has 0 saturated carbocycles. The molecule has 0 aliphatic carbocycles. The first-order chi connectivity index (χ1) is 17.2. The summed E-state index contributed by atoms with van der Waals surface area (Å²) in [6.07, 6.45) is -2.33. The number of benzene rings is 3. The van der Waals surface area contributed by atoms with Crippen LogP contribution in [0.1, 0.15) is 16.7 Å². The summed E-state index contributed by atoms with van der Waals surface area (Å²) < 4.78 is 36.1. The maximum atomic E-state index is 6.96. The molecular formula is C29H34O6. The van der Waals surface area contributed by atoms with E-state index in [1.807, 2.05) is 54.6 Å². The fourth-order valence-corrected chi connectivity index (χ4v) is 4.98. The van der Waals surface area contributed by atoms with Gasteiger partial charge in [-0.1, -0.05) is 91.0 Å². The van der Waals surface area contributed by atoms with Gasteiger partial charge in [0, 0.05) is 28.4 Å². The minimum absolute atomic E-state index is 0.230. The number of hydrogen-bond acceptors (Lipinski definition) is 6. The van der Waals surface area contributed by atoms with Crippen molar-refractivity contribution in [2.24, 2.45) is 0 Å². The van der Waals surface area contributed by atoms with E-state index < -0.39 is 36.3 Å². The Morgan fingerprint density at radius 2 is 1.00 bits per heavy atom. The molecule has 1 saturated heterocycles. The highest BCUT2D eigenvalue weighted by molar-refractivity contribution is 5.47. The van der Waals surface area contributed by atoms with Crippen molar-refractivity contribution in [1.82, 2.24) is 0 Å². The molecule has 1 fully saturated rings. The average molecular weight is 479 g/mol. The van der Waals surface area contributed by atoms with Crippen molar-refractivity contribution in [2.75, 3.05) is 35.0 Å². The van der Waals surface area contributed by atoms with Crippen LogP contribution in [0.25, 0.3) is 0 Å². The fraction of sp³-hybridized carbons (Fsp3) is 0.379. The summed E-state index contributed by atoms with van der Waals surface area (Å²) >= 11 is 0. The lowest BCUT2D eigenvalue weighted by Crippen LogP contribution is -2.61. The van der Waals surface area contributed by atoms with E-state index in [-0.39, 0.29) is 6.61 Å². The van der Waals surface area contributed by atoms with E-state index in [0.29, 0.717) is 0 Å². The van der Waals surface area contributed by atoms with Gasteiger partial charge in [-0.05, 0) is 16.7 Å². The molecule has 0 N–H and O–H groups in total. The van der Waals surface area contributed by atoms with Crippen molar-refractivity contribution in [2.45, 2.75) is 36.3 Å². The molecule has 0 amide bonds. The van der Waals surface area contributed by atoms with Crippen LogP contribution in [-0.2, 0) is 34.0 Å². The lowest BCUT2D eigenvalue weighted by atomic mass is 9.80. The van der Waals surface area contributed by atoms with Gasteiger partial charge in [0.15, 0.2) is 6.29 Å². The maximum absolute atomic E-state index is 6.96. The van der Waals surface area contributed by atoms with Gasteiger partial charge in [-0.15, -0.1) is 0 Å². The van der Waals surface area contributed by atoms with Crippen LogP contribution < -0.4 is 0 Å². The smallest absolute Gasteiger partial charge is 0.186 e. The zero-order chi connectivity index (χ0) is 24.7.